The topological polar surface area (TPSA) is 87.6 Å². The number of halogens is 1. The van der Waals surface area contributed by atoms with Gasteiger partial charge in [-0.25, -0.2) is 9.18 Å². The number of nitrogens with zero attached hydrogens (tertiary/aromatic N) is 2. The second kappa shape index (κ2) is 9.08. The Labute approximate surface area is 176 Å². The van der Waals surface area contributed by atoms with Crippen molar-refractivity contribution in [2.75, 3.05) is 7.11 Å². The lowest BCUT2D eigenvalue weighted by Gasteiger charge is -2.04. The van der Waals surface area contributed by atoms with E-state index in [2.05, 4.69) is 15.1 Å². The molecule has 2 heterocycles. The number of hydrogen-bond donors (Lipinski definition) is 0. The number of ether oxygens (including phenoxy) is 2. The van der Waals surface area contributed by atoms with Crippen LogP contribution in [-0.2, 0) is 11.3 Å². The molecule has 31 heavy (non-hydrogen) atoms. The molecule has 0 saturated carbocycles. The molecule has 0 spiro atoms. The van der Waals surface area contributed by atoms with Crippen LogP contribution in [0, 0.1) is 5.82 Å². The van der Waals surface area contributed by atoms with Crippen molar-refractivity contribution in [3.8, 4) is 17.1 Å². The third-order valence-electron chi connectivity index (χ3n) is 4.40. The fourth-order valence-electron chi connectivity index (χ4n) is 2.83. The lowest BCUT2D eigenvalue weighted by molar-refractivity contribution is 0.0554. The number of carbonyl (C=O) groups excluding carboxylic acids is 1. The molecular weight excluding hydrogens is 403 g/mol. The minimum absolute atomic E-state index is 0.0256. The van der Waals surface area contributed by atoms with Crippen LogP contribution in [0.15, 0.2) is 69.7 Å². The predicted octanol–water partition coefficient (Wildman–Crippen LogP) is 5.00. The van der Waals surface area contributed by atoms with Gasteiger partial charge in [-0.15, -0.1) is 0 Å². The number of rotatable bonds is 7. The molecule has 0 N–H and O–H groups in total. The van der Waals surface area contributed by atoms with Crippen molar-refractivity contribution < 1.29 is 27.7 Å². The van der Waals surface area contributed by atoms with Crippen LogP contribution in [0.5, 0.6) is 5.88 Å². The van der Waals surface area contributed by atoms with Gasteiger partial charge >= 0.3 is 5.97 Å². The molecule has 0 unspecified atom stereocenters. The van der Waals surface area contributed by atoms with E-state index in [0.29, 0.717) is 22.6 Å². The summed E-state index contributed by atoms with van der Waals surface area (Å²) in [6.45, 7) is 0.0256. The zero-order valence-electron chi connectivity index (χ0n) is 16.4. The Bertz CT molecular complexity index is 1200. The van der Waals surface area contributed by atoms with Crippen LogP contribution in [0.2, 0.25) is 0 Å². The maximum atomic E-state index is 13.3. The highest BCUT2D eigenvalue weighted by Gasteiger charge is 2.19. The average molecular weight is 420 g/mol. The molecule has 0 aliphatic carbocycles. The second-order valence-electron chi connectivity index (χ2n) is 6.43. The van der Waals surface area contributed by atoms with Crippen molar-refractivity contribution in [2.24, 2.45) is 0 Å². The molecule has 2 aromatic carbocycles. The number of methoxy groups -OCH3 is 1. The van der Waals surface area contributed by atoms with Crippen molar-refractivity contribution in [1.82, 2.24) is 10.3 Å². The highest BCUT2D eigenvalue weighted by molar-refractivity contribution is 5.86. The van der Waals surface area contributed by atoms with Crippen molar-refractivity contribution in [3.05, 3.63) is 89.1 Å². The molecule has 0 amide bonds. The molecular formula is C23H17FN2O5. The van der Waals surface area contributed by atoms with Crippen LogP contribution in [-0.4, -0.2) is 23.4 Å². The fourth-order valence-corrected chi connectivity index (χ4v) is 2.83. The van der Waals surface area contributed by atoms with E-state index in [4.69, 9.17) is 13.8 Å². The first-order valence-electron chi connectivity index (χ1n) is 9.29. The maximum absolute atomic E-state index is 13.3. The summed E-state index contributed by atoms with van der Waals surface area (Å²) < 4.78 is 34.0. The Morgan fingerprint density at radius 3 is 2.55 bits per heavy atom. The van der Waals surface area contributed by atoms with E-state index in [0.717, 1.165) is 5.56 Å². The third-order valence-corrected chi connectivity index (χ3v) is 4.40. The Morgan fingerprint density at radius 2 is 1.81 bits per heavy atom. The molecule has 0 saturated heterocycles. The van der Waals surface area contributed by atoms with Gasteiger partial charge in [0, 0.05) is 5.56 Å². The number of benzene rings is 2. The number of hydrogen-bond acceptors (Lipinski definition) is 7. The fraction of sp³-hybridized carbons (Fsp3) is 0.0870. The summed E-state index contributed by atoms with van der Waals surface area (Å²) in [5.41, 5.74) is 2.78. The highest BCUT2D eigenvalue weighted by Crippen LogP contribution is 2.28. The Hall–Kier alpha value is -4.20. The third kappa shape index (κ3) is 4.69. The van der Waals surface area contributed by atoms with E-state index in [1.807, 2.05) is 36.4 Å². The average Bonchev–Trinajstić information content (AvgIpc) is 3.44. The van der Waals surface area contributed by atoms with Gasteiger partial charge in [0.2, 0.25) is 5.76 Å². The lowest BCUT2D eigenvalue weighted by Crippen LogP contribution is -1.99. The van der Waals surface area contributed by atoms with Gasteiger partial charge in [-0.3, -0.25) is 0 Å². The first-order chi connectivity index (χ1) is 15.1. The SMILES string of the molecule is COC(=O)c1cc(OCc2c(-c3ccc(F)cc3)noc2/C=C/c2ccccc2)no1. The first kappa shape index (κ1) is 20.1. The molecule has 0 radical (unpaired) electrons. The summed E-state index contributed by atoms with van der Waals surface area (Å²) in [7, 11) is 1.24. The monoisotopic (exact) mass is 420 g/mol. The minimum atomic E-state index is -0.661. The number of aromatic nitrogens is 2. The van der Waals surface area contributed by atoms with Crippen LogP contribution < -0.4 is 4.74 Å². The summed E-state index contributed by atoms with van der Waals surface area (Å²) in [5.74, 6) is -0.520. The second-order valence-corrected chi connectivity index (χ2v) is 6.43. The van der Waals surface area contributed by atoms with E-state index < -0.39 is 5.97 Å². The maximum Gasteiger partial charge on any atom is 0.377 e. The van der Waals surface area contributed by atoms with Gasteiger partial charge in [0.05, 0.1) is 18.7 Å². The summed E-state index contributed by atoms with van der Waals surface area (Å²) in [5, 5.41) is 7.85. The zero-order chi connectivity index (χ0) is 21.6. The largest absolute Gasteiger partial charge is 0.470 e. The van der Waals surface area contributed by atoms with E-state index in [1.54, 1.807) is 18.2 Å². The van der Waals surface area contributed by atoms with Crippen LogP contribution in [0.1, 0.15) is 27.4 Å². The van der Waals surface area contributed by atoms with Crippen molar-refractivity contribution >= 4 is 18.1 Å². The van der Waals surface area contributed by atoms with Crippen molar-refractivity contribution in [2.45, 2.75) is 6.61 Å². The Morgan fingerprint density at radius 1 is 1.03 bits per heavy atom. The van der Waals surface area contributed by atoms with Crippen molar-refractivity contribution in [1.29, 1.82) is 0 Å². The lowest BCUT2D eigenvalue weighted by atomic mass is 10.1. The molecule has 0 fully saturated rings. The predicted molar refractivity (Wildman–Crippen MR) is 109 cm³/mol. The summed E-state index contributed by atoms with van der Waals surface area (Å²) in [6, 6.07) is 16.9. The highest BCUT2D eigenvalue weighted by atomic mass is 19.1. The summed E-state index contributed by atoms with van der Waals surface area (Å²) in [6.07, 6.45) is 3.65. The van der Waals surface area contributed by atoms with E-state index >= 15 is 0 Å². The van der Waals surface area contributed by atoms with Crippen LogP contribution >= 0.6 is 0 Å². The molecule has 156 valence electrons. The van der Waals surface area contributed by atoms with Gasteiger partial charge in [-0.05, 0) is 41.1 Å². The van der Waals surface area contributed by atoms with Gasteiger partial charge in [-0.2, -0.15) is 0 Å². The molecule has 0 aliphatic heterocycles. The van der Waals surface area contributed by atoms with Gasteiger partial charge in [0.25, 0.3) is 5.88 Å². The van der Waals surface area contributed by atoms with Crippen LogP contribution in [0.3, 0.4) is 0 Å². The standard InChI is InChI=1S/C23H17FN2O5/c1-28-23(27)20-13-21(25-31-20)29-14-18-19(12-7-15-5-3-2-4-6-15)30-26-22(18)16-8-10-17(24)11-9-16/h2-13H,14H2,1H3/b12-7+. The molecule has 7 nitrogen and oxygen atoms in total. The van der Waals surface area contributed by atoms with E-state index in [1.165, 1.54) is 25.3 Å². The van der Waals surface area contributed by atoms with Gasteiger partial charge in [-0.1, -0.05) is 41.6 Å². The Balaban J connectivity index is 1.63. The van der Waals surface area contributed by atoms with Crippen LogP contribution in [0.25, 0.3) is 23.4 Å². The molecule has 4 rings (SSSR count). The number of carbonyl (C=O) groups is 1. The van der Waals surface area contributed by atoms with Gasteiger partial charge in [0.15, 0.2) is 5.76 Å². The molecule has 2 aromatic heterocycles. The molecule has 8 heteroatoms. The molecule has 4 aromatic rings. The Kier molecular flexibility index (Phi) is 5.89. The first-order valence-corrected chi connectivity index (χ1v) is 9.29. The number of esters is 1. The minimum Gasteiger partial charge on any atom is -0.470 e. The summed E-state index contributed by atoms with van der Waals surface area (Å²) >= 11 is 0. The smallest absolute Gasteiger partial charge is 0.377 e. The van der Waals surface area contributed by atoms with Gasteiger partial charge < -0.3 is 18.5 Å². The molecule has 0 aliphatic rings. The molecule has 0 bridgehead atoms. The quantitative estimate of drug-likeness (QED) is 0.389. The normalized spacial score (nSPS) is 11.0. The van der Waals surface area contributed by atoms with Gasteiger partial charge in [0.1, 0.15) is 18.1 Å². The van der Waals surface area contributed by atoms with E-state index in [9.17, 15) is 9.18 Å². The van der Waals surface area contributed by atoms with Crippen molar-refractivity contribution in [3.63, 3.8) is 0 Å². The molecule has 0 atom stereocenters. The zero-order valence-corrected chi connectivity index (χ0v) is 16.4. The van der Waals surface area contributed by atoms with Crippen LogP contribution in [0.4, 0.5) is 4.39 Å². The van der Waals surface area contributed by atoms with E-state index in [-0.39, 0.29) is 24.1 Å². The summed E-state index contributed by atoms with van der Waals surface area (Å²) in [4.78, 5) is 11.5.